The molecule has 0 radical (unpaired) electrons. The normalized spacial score (nSPS) is 15.8. The van der Waals surface area contributed by atoms with Crippen LogP contribution in [0.15, 0.2) is 16.6 Å². The molecule has 1 atom stereocenters. The Kier molecular flexibility index (Phi) is 5.10. The molecule has 1 aromatic rings. The molecule has 0 saturated carbocycles. The van der Waals surface area contributed by atoms with Gasteiger partial charge in [-0.05, 0) is 44.9 Å². The van der Waals surface area contributed by atoms with Gasteiger partial charge in [0.1, 0.15) is 5.75 Å². The van der Waals surface area contributed by atoms with Crippen molar-refractivity contribution in [2.45, 2.75) is 51.8 Å². The van der Waals surface area contributed by atoms with Crippen LogP contribution in [0.25, 0.3) is 0 Å². The van der Waals surface area contributed by atoms with Gasteiger partial charge in [0.15, 0.2) is 0 Å². The Morgan fingerprint density at radius 2 is 2.20 bits per heavy atom. The third-order valence-corrected chi connectivity index (χ3v) is 4.27. The molecule has 1 unspecified atom stereocenters. The molecule has 112 valence electrons. The van der Waals surface area contributed by atoms with Crippen molar-refractivity contribution in [3.05, 3.63) is 27.7 Å². The minimum atomic E-state index is -0.0951. The molecule has 1 heterocycles. The highest BCUT2D eigenvalue weighted by Gasteiger charge is 2.21. The van der Waals surface area contributed by atoms with Crippen LogP contribution >= 0.6 is 15.9 Å². The van der Waals surface area contributed by atoms with Gasteiger partial charge in [-0.3, -0.25) is 0 Å². The van der Waals surface area contributed by atoms with Crippen molar-refractivity contribution in [3.8, 4) is 5.75 Å². The monoisotopic (exact) mass is 341 g/mol. The first-order chi connectivity index (χ1) is 9.41. The number of methoxy groups -OCH3 is 1. The molecular weight excluding hydrogens is 318 g/mol. The van der Waals surface area contributed by atoms with Crippen molar-refractivity contribution in [3.63, 3.8) is 0 Å². The van der Waals surface area contributed by atoms with Gasteiger partial charge in [-0.2, -0.15) is 0 Å². The molecule has 0 saturated heterocycles. The summed E-state index contributed by atoms with van der Waals surface area (Å²) in [6.07, 6.45) is 1.98. The summed E-state index contributed by atoms with van der Waals surface area (Å²) in [5.74, 6) is 1.07. The highest BCUT2D eigenvalue weighted by Crippen LogP contribution is 2.33. The van der Waals surface area contributed by atoms with E-state index in [1.807, 2.05) is 0 Å². The SMILES string of the molecule is COC(C)(C)CC(C)NCc1cc(Br)cc2c1OCC2. The van der Waals surface area contributed by atoms with Crippen molar-refractivity contribution in [1.29, 1.82) is 0 Å². The van der Waals surface area contributed by atoms with E-state index in [1.54, 1.807) is 7.11 Å². The molecule has 3 nitrogen and oxygen atoms in total. The van der Waals surface area contributed by atoms with Crippen LogP contribution in [0.1, 0.15) is 38.3 Å². The summed E-state index contributed by atoms with van der Waals surface area (Å²) in [7, 11) is 1.77. The van der Waals surface area contributed by atoms with E-state index >= 15 is 0 Å². The number of nitrogens with one attached hydrogen (secondary N) is 1. The van der Waals surface area contributed by atoms with Crippen LogP contribution in [0.4, 0.5) is 0 Å². The Morgan fingerprint density at radius 3 is 2.90 bits per heavy atom. The zero-order valence-corrected chi connectivity index (χ0v) is 14.3. The minimum Gasteiger partial charge on any atom is -0.493 e. The third kappa shape index (κ3) is 3.96. The summed E-state index contributed by atoms with van der Waals surface area (Å²) in [6, 6.07) is 4.69. The quantitative estimate of drug-likeness (QED) is 0.856. The van der Waals surface area contributed by atoms with E-state index in [2.05, 4.69) is 54.2 Å². The Labute approximate surface area is 130 Å². The van der Waals surface area contributed by atoms with Gasteiger partial charge in [-0.1, -0.05) is 15.9 Å². The molecule has 4 heteroatoms. The predicted octanol–water partition coefficient (Wildman–Crippen LogP) is 3.68. The molecule has 0 aromatic heterocycles. The first-order valence-electron chi connectivity index (χ1n) is 7.14. The molecule has 1 aliphatic rings. The van der Waals surface area contributed by atoms with Gasteiger partial charge < -0.3 is 14.8 Å². The lowest BCUT2D eigenvalue weighted by atomic mass is 9.99. The lowest BCUT2D eigenvalue weighted by molar-refractivity contribution is 0.00844. The topological polar surface area (TPSA) is 30.5 Å². The number of benzene rings is 1. The number of rotatable bonds is 6. The van der Waals surface area contributed by atoms with Crippen molar-refractivity contribution in [2.75, 3.05) is 13.7 Å². The maximum Gasteiger partial charge on any atom is 0.127 e. The second-order valence-electron chi connectivity index (χ2n) is 6.10. The summed E-state index contributed by atoms with van der Waals surface area (Å²) in [6.45, 7) is 8.05. The number of hydrogen-bond acceptors (Lipinski definition) is 3. The smallest absolute Gasteiger partial charge is 0.127 e. The van der Waals surface area contributed by atoms with Crippen LogP contribution in [-0.2, 0) is 17.7 Å². The largest absolute Gasteiger partial charge is 0.493 e. The van der Waals surface area contributed by atoms with Gasteiger partial charge in [0, 0.05) is 36.2 Å². The van der Waals surface area contributed by atoms with Crippen LogP contribution in [0, 0.1) is 0 Å². The summed E-state index contributed by atoms with van der Waals surface area (Å²) in [5.41, 5.74) is 2.44. The summed E-state index contributed by atoms with van der Waals surface area (Å²) in [4.78, 5) is 0. The minimum absolute atomic E-state index is 0.0951. The fourth-order valence-electron chi connectivity index (χ4n) is 2.65. The fraction of sp³-hybridized carbons (Fsp3) is 0.625. The predicted molar refractivity (Wildman–Crippen MR) is 85.3 cm³/mol. The summed E-state index contributed by atoms with van der Waals surface area (Å²) >= 11 is 3.58. The van der Waals surface area contributed by atoms with Crippen molar-refractivity contribution >= 4 is 15.9 Å². The highest BCUT2D eigenvalue weighted by molar-refractivity contribution is 9.10. The Bertz CT molecular complexity index is 474. The van der Waals surface area contributed by atoms with Crippen LogP contribution in [0.5, 0.6) is 5.75 Å². The molecule has 0 fully saturated rings. The molecule has 0 bridgehead atoms. The fourth-order valence-corrected chi connectivity index (χ4v) is 3.21. The lowest BCUT2D eigenvalue weighted by Crippen LogP contribution is -2.35. The Morgan fingerprint density at radius 1 is 1.45 bits per heavy atom. The Hall–Kier alpha value is -0.580. The first-order valence-corrected chi connectivity index (χ1v) is 7.93. The van der Waals surface area contributed by atoms with Crippen molar-refractivity contribution in [1.82, 2.24) is 5.32 Å². The number of hydrogen-bond donors (Lipinski definition) is 1. The molecule has 1 N–H and O–H groups in total. The van der Waals surface area contributed by atoms with E-state index in [0.29, 0.717) is 6.04 Å². The summed E-state index contributed by atoms with van der Waals surface area (Å²) < 4.78 is 12.4. The molecule has 0 amide bonds. The van der Waals surface area contributed by atoms with Gasteiger partial charge in [-0.15, -0.1) is 0 Å². The third-order valence-electron chi connectivity index (χ3n) is 3.82. The average Bonchev–Trinajstić information content (AvgIpc) is 2.83. The molecule has 20 heavy (non-hydrogen) atoms. The van der Waals surface area contributed by atoms with Gasteiger partial charge in [0.05, 0.1) is 12.2 Å². The van der Waals surface area contributed by atoms with E-state index < -0.39 is 0 Å². The van der Waals surface area contributed by atoms with Crippen LogP contribution in [0.3, 0.4) is 0 Å². The summed E-state index contributed by atoms with van der Waals surface area (Å²) in [5, 5.41) is 3.57. The zero-order chi connectivity index (χ0) is 14.8. The first kappa shape index (κ1) is 15.8. The van der Waals surface area contributed by atoms with Crippen LogP contribution in [0.2, 0.25) is 0 Å². The van der Waals surface area contributed by atoms with Crippen LogP contribution < -0.4 is 10.1 Å². The number of ether oxygens (including phenoxy) is 2. The zero-order valence-electron chi connectivity index (χ0n) is 12.8. The average molecular weight is 342 g/mol. The van der Waals surface area contributed by atoms with Gasteiger partial charge >= 0.3 is 0 Å². The lowest BCUT2D eigenvalue weighted by Gasteiger charge is -2.27. The maximum absolute atomic E-state index is 5.75. The van der Waals surface area contributed by atoms with E-state index in [1.165, 1.54) is 11.1 Å². The molecule has 0 aliphatic carbocycles. The van der Waals surface area contributed by atoms with E-state index in [0.717, 1.165) is 36.2 Å². The second kappa shape index (κ2) is 6.46. The van der Waals surface area contributed by atoms with E-state index in [-0.39, 0.29) is 5.60 Å². The van der Waals surface area contributed by atoms with Gasteiger partial charge in [0.25, 0.3) is 0 Å². The van der Waals surface area contributed by atoms with Gasteiger partial charge in [-0.25, -0.2) is 0 Å². The van der Waals surface area contributed by atoms with Crippen LogP contribution in [-0.4, -0.2) is 25.4 Å². The maximum atomic E-state index is 5.75. The van der Waals surface area contributed by atoms with Crippen molar-refractivity contribution in [2.24, 2.45) is 0 Å². The standard InChI is InChI=1S/C16H24BrNO2/c1-11(9-16(2,3)19-4)18-10-13-8-14(17)7-12-5-6-20-15(12)13/h7-8,11,18H,5-6,9-10H2,1-4H3. The van der Waals surface area contributed by atoms with Gasteiger partial charge in [0.2, 0.25) is 0 Å². The van der Waals surface area contributed by atoms with E-state index in [9.17, 15) is 0 Å². The molecular formula is C16H24BrNO2. The number of fused-ring (bicyclic) bond motifs is 1. The molecule has 1 aliphatic heterocycles. The Balaban J connectivity index is 1.98. The molecule has 2 rings (SSSR count). The highest BCUT2D eigenvalue weighted by atomic mass is 79.9. The molecule has 0 spiro atoms. The molecule has 1 aromatic carbocycles. The van der Waals surface area contributed by atoms with Crippen molar-refractivity contribution < 1.29 is 9.47 Å². The second-order valence-corrected chi connectivity index (χ2v) is 7.02. The van der Waals surface area contributed by atoms with E-state index in [4.69, 9.17) is 9.47 Å². The number of halogens is 1.